The number of alkyl halides is 2. The third-order valence-electron chi connectivity index (χ3n) is 3.12. The molecule has 0 bridgehead atoms. The number of nitrogens with zero attached hydrogens (tertiary/aromatic N) is 3. The van der Waals surface area contributed by atoms with E-state index in [1.165, 1.54) is 18.2 Å². The molecule has 5 nitrogen and oxygen atoms in total. The number of para-hydroxylation sites is 1. The summed E-state index contributed by atoms with van der Waals surface area (Å²) in [5.74, 6) is -2.75. The van der Waals surface area contributed by atoms with Crippen molar-refractivity contribution in [2.24, 2.45) is 7.05 Å². The molecule has 0 aliphatic rings. The number of rotatable bonds is 5. The highest BCUT2D eigenvalue weighted by Crippen LogP contribution is 2.29. The first-order valence-corrected chi connectivity index (χ1v) is 7.67. The third kappa shape index (κ3) is 3.05. The Hall–Kier alpha value is -1.96. The zero-order chi connectivity index (χ0) is 15.6. The maximum absolute atomic E-state index is 12.8. The minimum Gasteiger partial charge on any atom is -0.366 e. The van der Waals surface area contributed by atoms with Crippen LogP contribution in [0.4, 0.5) is 14.5 Å². The van der Waals surface area contributed by atoms with Gasteiger partial charge in [0.15, 0.2) is 0 Å². The molecular weight excluding hydrogens is 300 g/mol. The average molecular weight is 315 g/mol. The number of anilines is 1. The fourth-order valence-electron chi connectivity index (χ4n) is 1.96. The van der Waals surface area contributed by atoms with E-state index in [9.17, 15) is 17.2 Å². The summed E-state index contributed by atoms with van der Waals surface area (Å²) in [6.45, 7) is 0.305. The van der Waals surface area contributed by atoms with E-state index in [4.69, 9.17) is 0 Å². The van der Waals surface area contributed by atoms with Gasteiger partial charge in [0.25, 0.3) is 0 Å². The highest BCUT2D eigenvalue weighted by molar-refractivity contribution is 7.91. The number of hydrogen-bond acceptors (Lipinski definition) is 4. The Morgan fingerprint density at radius 1 is 1.33 bits per heavy atom. The van der Waals surface area contributed by atoms with Gasteiger partial charge in [0.1, 0.15) is 5.82 Å². The van der Waals surface area contributed by atoms with Crippen molar-refractivity contribution < 1.29 is 17.2 Å². The normalized spacial score (nSPS) is 11.9. The van der Waals surface area contributed by atoms with E-state index in [2.05, 4.69) is 4.98 Å². The van der Waals surface area contributed by atoms with Crippen LogP contribution < -0.4 is 4.90 Å². The fourth-order valence-corrected chi connectivity index (χ4v) is 2.93. The maximum atomic E-state index is 12.8. The van der Waals surface area contributed by atoms with Crippen molar-refractivity contribution >= 4 is 15.5 Å². The van der Waals surface area contributed by atoms with Crippen LogP contribution in [0.3, 0.4) is 0 Å². The zero-order valence-electron chi connectivity index (χ0n) is 11.6. The minimum absolute atomic E-state index is 0.223. The molecule has 0 saturated carbocycles. The summed E-state index contributed by atoms with van der Waals surface area (Å²) < 4.78 is 50.8. The Morgan fingerprint density at radius 2 is 2.00 bits per heavy atom. The largest absolute Gasteiger partial charge is 0.366 e. The number of benzene rings is 1. The monoisotopic (exact) mass is 315 g/mol. The third-order valence-corrected chi connectivity index (χ3v) is 4.54. The molecule has 0 unspecified atom stereocenters. The predicted octanol–water partition coefficient (Wildman–Crippen LogP) is 2.05. The van der Waals surface area contributed by atoms with E-state index < -0.39 is 15.6 Å². The molecule has 0 fully saturated rings. The van der Waals surface area contributed by atoms with E-state index in [1.807, 2.05) is 0 Å². The molecule has 0 amide bonds. The van der Waals surface area contributed by atoms with Gasteiger partial charge in [0.05, 0.1) is 17.1 Å². The summed E-state index contributed by atoms with van der Waals surface area (Å²) >= 11 is 0. The van der Waals surface area contributed by atoms with E-state index in [0.29, 0.717) is 12.4 Å². The van der Waals surface area contributed by atoms with Gasteiger partial charge in [-0.3, -0.25) is 0 Å². The summed E-state index contributed by atoms with van der Waals surface area (Å²) in [6, 6.07) is 5.71. The van der Waals surface area contributed by atoms with Gasteiger partial charge in [-0.1, -0.05) is 12.1 Å². The van der Waals surface area contributed by atoms with Gasteiger partial charge in [-0.2, -0.15) is 8.78 Å². The Bertz CT molecular complexity index is 729. The van der Waals surface area contributed by atoms with Crippen molar-refractivity contribution in [3.63, 3.8) is 0 Å². The Labute approximate surface area is 121 Å². The van der Waals surface area contributed by atoms with Crippen LogP contribution in [0.5, 0.6) is 0 Å². The first kappa shape index (κ1) is 15.4. The smallest absolute Gasteiger partial charge is 0.341 e. The van der Waals surface area contributed by atoms with Gasteiger partial charge in [0, 0.05) is 26.5 Å². The van der Waals surface area contributed by atoms with Crippen LogP contribution in [0.25, 0.3) is 0 Å². The molecule has 2 rings (SSSR count). The standard InChI is InChI=1S/C13H15F2N3O2S/c1-17-8-7-16-12(17)9-18(2)10-5-3-4-6-11(10)21(19,20)13(14)15/h3-8,13H,9H2,1-2H3. The number of imidazole rings is 1. The molecule has 0 aliphatic carbocycles. The molecule has 114 valence electrons. The van der Waals surface area contributed by atoms with Crippen molar-refractivity contribution in [3.05, 3.63) is 42.5 Å². The lowest BCUT2D eigenvalue weighted by Crippen LogP contribution is -2.22. The second kappa shape index (κ2) is 5.80. The number of hydrogen-bond donors (Lipinski definition) is 0. The molecule has 1 aromatic carbocycles. The lowest BCUT2D eigenvalue weighted by molar-refractivity contribution is 0.235. The molecular formula is C13H15F2N3O2S. The van der Waals surface area contributed by atoms with Crippen LogP contribution in [-0.4, -0.2) is 30.8 Å². The van der Waals surface area contributed by atoms with Crippen LogP contribution in [-0.2, 0) is 23.4 Å². The molecule has 8 heteroatoms. The quantitative estimate of drug-likeness (QED) is 0.847. The first-order chi connectivity index (χ1) is 9.84. The van der Waals surface area contributed by atoms with Gasteiger partial charge in [-0.15, -0.1) is 0 Å². The van der Waals surface area contributed by atoms with Gasteiger partial charge >= 0.3 is 5.76 Å². The summed E-state index contributed by atoms with van der Waals surface area (Å²) in [5, 5.41) is 0. The van der Waals surface area contributed by atoms with E-state index in [-0.39, 0.29) is 10.6 Å². The lowest BCUT2D eigenvalue weighted by atomic mass is 10.3. The number of sulfone groups is 1. The van der Waals surface area contributed by atoms with Crippen LogP contribution >= 0.6 is 0 Å². The number of halogens is 2. The SMILES string of the molecule is CN(Cc1nccn1C)c1ccccc1S(=O)(=O)C(F)F. The highest BCUT2D eigenvalue weighted by atomic mass is 32.2. The fraction of sp³-hybridized carbons (Fsp3) is 0.308. The predicted molar refractivity (Wildman–Crippen MR) is 74.9 cm³/mol. The summed E-state index contributed by atoms with van der Waals surface area (Å²) in [6.07, 6.45) is 3.37. The molecule has 2 aromatic rings. The van der Waals surface area contributed by atoms with Crippen LogP contribution in [0.2, 0.25) is 0 Å². The first-order valence-electron chi connectivity index (χ1n) is 6.12. The maximum Gasteiger partial charge on any atom is 0.341 e. The Kier molecular flexibility index (Phi) is 4.26. The average Bonchev–Trinajstić information content (AvgIpc) is 2.84. The van der Waals surface area contributed by atoms with Crippen molar-refractivity contribution in [1.29, 1.82) is 0 Å². The Balaban J connectivity index is 2.39. The second-order valence-corrected chi connectivity index (χ2v) is 6.47. The zero-order valence-corrected chi connectivity index (χ0v) is 12.4. The summed E-state index contributed by atoms with van der Waals surface area (Å²) in [7, 11) is -1.21. The molecule has 21 heavy (non-hydrogen) atoms. The van der Waals surface area contributed by atoms with Crippen molar-refractivity contribution in [2.45, 2.75) is 17.2 Å². The number of aryl methyl sites for hydroxylation is 1. The topological polar surface area (TPSA) is 55.2 Å². The molecule has 0 aliphatic heterocycles. The van der Waals surface area contributed by atoms with E-state index in [1.54, 1.807) is 42.0 Å². The van der Waals surface area contributed by atoms with Gasteiger partial charge in [0.2, 0.25) is 9.84 Å². The van der Waals surface area contributed by atoms with Crippen LogP contribution in [0.1, 0.15) is 5.82 Å². The van der Waals surface area contributed by atoms with Gasteiger partial charge in [-0.25, -0.2) is 13.4 Å². The lowest BCUT2D eigenvalue weighted by Gasteiger charge is -2.21. The van der Waals surface area contributed by atoms with Crippen molar-refractivity contribution in [3.8, 4) is 0 Å². The molecule has 1 aromatic heterocycles. The molecule has 0 spiro atoms. The van der Waals surface area contributed by atoms with E-state index in [0.717, 1.165) is 0 Å². The highest BCUT2D eigenvalue weighted by Gasteiger charge is 2.30. The molecule has 0 atom stereocenters. The molecule has 1 heterocycles. The van der Waals surface area contributed by atoms with Crippen LogP contribution in [0.15, 0.2) is 41.6 Å². The summed E-state index contributed by atoms with van der Waals surface area (Å²) in [4.78, 5) is 5.33. The van der Waals surface area contributed by atoms with Gasteiger partial charge in [-0.05, 0) is 12.1 Å². The minimum atomic E-state index is -4.64. The molecule has 0 radical (unpaired) electrons. The number of aromatic nitrogens is 2. The molecule has 0 N–H and O–H groups in total. The van der Waals surface area contributed by atoms with E-state index >= 15 is 0 Å². The van der Waals surface area contributed by atoms with Crippen molar-refractivity contribution in [2.75, 3.05) is 11.9 Å². The summed E-state index contributed by atoms with van der Waals surface area (Å²) in [5.41, 5.74) is 0.223. The second-order valence-electron chi connectivity index (χ2n) is 4.58. The Morgan fingerprint density at radius 3 is 2.57 bits per heavy atom. The molecule has 0 saturated heterocycles. The van der Waals surface area contributed by atoms with Crippen LogP contribution in [0, 0.1) is 0 Å². The van der Waals surface area contributed by atoms with Gasteiger partial charge < -0.3 is 9.47 Å². The van der Waals surface area contributed by atoms with Crippen molar-refractivity contribution in [1.82, 2.24) is 9.55 Å².